The van der Waals surface area contributed by atoms with Crippen LogP contribution in [0.25, 0.3) is 17.6 Å². The highest BCUT2D eigenvalue weighted by Crippen LogP contribution is 2.38. The third kappa shape index (κ3) is 7.30. The number of carbonyl (C=O) groups is 2. The number of hydrogen-bond acceptors (Lipinski definition) is 5. The Kier molecular flexibility index (Phi) is 8.19. The number of nitrogens with one attached hydrogen (secondary N) is 3. The number of benzene rings is 1. The minimum Gasteiger partial charge on any atom is -0.319 e. The van der Waals surface area contributed by atoms with Crippen LogP contribution in [0.3, 0.4) is 0 Å². The molecule has 0 bridgehead atoms. The van der Waals surface area contributed by atoms with E-state index in [-0.39, 0.29) is 12.0 Å². The maximum absolute atomic E-state index is 13.0. The molecular weight excluding hydrogens is 458 g/mol. The molecule has 8 nitrogen and oxygen atoms in total. The second-order valence-electron chi connectivity index (χ2n) is 6.80. The highest BCUT2D eigenvalue weighted by atomic mass is 19.4. The fourth-order valence-electron chi connectivity index (χ4n) is 2.64. The van der Waals surface area contributed by atoms with Crippen LogP contribution in [0.5, 0.6) is 0 Å². The molecule has 0 aliphatic rings. The van der Waals surface area contributed by atoms with E-state index in [1.807, 2.05) is 0 Å². The average Bonchev–Trinajstić information content (AvgIpc) is 3.22. The lowest BCUT2D eigenvalue weighted by Crippen LogP contribution is -2.45. The Hall–Kier alpha value is -3.42. The molecule has 1 unspecified atom stereocenters. The molecule has 33 heavy (non-hydrogen) atoms. The summed E-state index contributed by atoms with van der Waals surface area (Å²) >= 11 is 0. The third-order valence-electron chi connectivity index (χ3n) is 4.36. The van der Waals surface area contributed by atoms with Crippen molar-refractivity contribution in [2.45, 2.75) is 25.7 Å². The molecule has 0 aliphatic carbocycles. The number of carbonyl (C=O) groups excluding carboxylic acids is 2. The highest BCUT2D eigenvalue weighted by molar-refractivity contribution is 5.92. The normalized spacial score (nSPS) is 13.2. The van der Waals surface area contributed by atoms with Crippen molar-refractivity contribution in [3.8, 4) is 11.4 Å². The quantitative estimate of drug-likeness (QED) is 0.323. The molecule has 0 spiro atoms. The Morgan fingerprint density at radius 3 is 2.18 bits per heavy atom. The molecule has 2 amide bonds. The van der Waals surface area contributed by atoms with Crippen LogP contribution in [-0.2, 0) is 21.9 Å². The van der Waals surface area contributed by atoms with Crippen molar-refractivity contribution in [2.75, 3.05) is 13.6 Å². The first-order chi connectivity index (χ1) is 15.3. The van der Waals surface area contributed by atoms with Gasteiger partial charge in [0, 0.05) is 24.4 Å². The summed E-state index contributed by atoms with van der Waals surface area (Å²) in [7, 11) is 1.67. The Morgan fingerprint density at radius 1 is 1.06 bits per heavy atom. The van der Waals surface area contributed by atoms with Gasteiger partial charge in [-0.2, -0.15) is 26.3 Å². The van der Waals surface area contributed by atoms with E-state index in [1.165, 1.54) is 0 Å². The second kappa shape index (κ2) is 10.5. The summed E-state index contributed by atoms with van der Waals surface area (Å²) in [6.07, 6.45) is -6.50. The Bertz CT molecular complexity index is 983. The SMILES string of the molecule is CCC(CNC)C(=O)NNC(=O)/C=C\n1cnc(-c2cc(C(F)(F)F)cc(C(F)(F)F)c2)n1. The van der Waals surface area contributed by atoms with E-state index in [2.05, 4.69) is 26.3 Å². The second-order valence-corrected chi connectivity index (χ2v) is 6.80. The molecule has 0 saturated heterocycles. The van der Waals surface area contributed by atoms with Gasteiger partial charge in [0.1, 0.15) is 6.33 Å². The summed E-state index contributed by atoms with van der Waals surface area (Å²) in [4.78, 5) is 27.5. The van der Waals surface area contributed by atoms with E-state index >= 15 is 0 Å². The number of aromatic nitrogens is 3. The fraction of sp³-hybridized carbons (Fsp3) is 0.368. The average molecular weight is 478 g/mol. The van der Waals surface area contributed by atoms with Gasteiger partial charge in [0.2, 0.25) is 5.91 Å². The van der Waals surface area contributed by atoms with Gasteiger partial charge in [-0.25, -0.2) is 9.67 Å². The van der Waals surface area contributed by atoms with Gasteiger partial charge in [-0.05, 0) is 31.7 Å². The monoisotopic (exact) mass is 478 g/mol. The Labute approximate surface area is 184 Å². The first kappa shape index (κ1) is 25.8. The van der Waals surface area contributed by atoms with E-state index in [1.54, 1.807) is 14.0 Å². The van der Waals surface area contributed by atoms with Crippen molar-refractivity contribution in [1.29, 1.82) is 0 Å². The Balaban J connectivity index is 2.14. The number of nitrogens with zero attached hydrogens (tertiary/aromatic N) is 3. The number of halogens is 6. The summed E-state index contributed by atoms with van der Waals surface area (Å²) in [6, 6.07) is 0.991. The van der Waals surface area contributed by atoms with Crippen LogP contribution in [0.15, 0.2) is 30.6 Å². The predicted octanol–water partition coefficient (Wildman–Crippen LogP) is 2.85. The molecule has 1 heterocycles. The van der Waals surface area contributed by atoms with Gasteiger partial charge in [0.15, 0.2) is 5.82 Å². The van der Waals surface area contributed by atoms with Crippen LogP contribution in [0.2, 0.25) is 0 Å². The predicted molar refractivity (Wildman–Crippen MR) is 105 cm³/mol. The lowest BCUT2D eigenvalue weighted by Gasteiger charge is -2.14. The van der Waals surface area contributed by atoms with E-state index in [0.717, 1.165) is 23.3 Å². The van der Waals surface area contributed by atoms with Crippen LogP contribution in [0, 0.1) is 5.92 Å². The molecular formula is C19H20F6N6O2. The first-order valence-corrected chi connectivity index (χ1v) is 9.48. The number of hydrogen-bond donors (Lipinski definition) is 3. The van der Waals surface area contributed by atoms with Crippen molar-refractivity contribution in [3.05, 3.63) is 41.7 Å². The van der Waals surface area contributed by atoms with Gasteiger partial charge in [0.25, 0.3) is 5.91 Å². The van der Waals surface area contributed by atoms with Gasteiger partial charge < -0.3 is 5.32 Å². The lowest BCUT2D eigenvalue weighted by molar-refractivity contribution is -0.143. The minimum absolute atomic E-state index is 0.00129. The van der Waals surface area contributed by atoms with Gasteiger partial charge in [-0.1, -0.05) is 6.92 Å². The van der Waals surface area contributed by atoms with E-state index < -0.39 is 46.7 Å². The molecule has 14 heteroatoms. The van der Waals surface area contributed by atoms with Crippen LogP contribution in [0.1, 0.15) is 24.5 Å². The van der Waals surface area contributed by atoms with Crippen LogP contribution < -0.4 is 16.2 Å². The van der Waals surface area contributed by atoms with Crippen LogP contribution >= 0.6 is 0 Å². The van der Waals surface area contributed by atoms with Crippen molar-refractivity contribution >= 4 is 18.0 Å². The molecule has 2 aromatic rings. The molecule has 3 N–H and O–H groups in total. The molecule has 1 aromatic carbocycles. The van der Waals surface area contributed by atoms with Crippen molar-refractivity contribution in [2.24, 2.45) is 5.92 Å². The van der Waals surface area contributed by atoms with Gasteiger partial charge in [0.05, 0.1) is 17.0 Å². The zero-order valence-electron chi connectivity index (χ0n) is 17.4. The maximum Gasteiger partial charge on any atom is 0.416 e. The van der Waals surface area contributed by atoms with E-state index in [0.29, 0.717) is 25.1 Å². The number of amides is 2. The van der Waals surface area contributed by atoms with Gasteiger partial charge >= 0.3 is 12.4 Å². The number of hydrazine groups is 1. The lowest BCUT2D eigenvalue weighted by atomic mass is 10.0. The summed E-state index contributed by atoms with van der Waals surface area (Å²) < 4.78 is 79.0. The first-order valence-electron chi connectivity index (χ1n) is 9.48. The Morgan fingerprint density at radius 2 is 1.67 bits per heavy atom. The highest BCUT2D eigenvalue weighted by Gasteiger charge is 2.37. The van der Waals surface area contributed by atoms with Crippen LogP contribution in [-0.4, -0.2) is 40.2 Å². The number of rotatable bonds is 7. The summed E-state index contributed by atoms with van der Waals surface area (Å²) in [6.45, 7) is 2.20. The standard InChI is InChI=1S/C19H20F6N6O2/c1-3-11(9-26-2)17(33)29-28-15(32)4-5-31-10-27-16(30-31)12-6-13(18(20,21)22)8-14(7-12)19(23,24)25/h4-8,10-11,26H,3,9H2,1-2H3,(H,28,32)(H,29,33)/b5-4-. The third-order valence-corrected chi connectivity index (χ3v) is 4.36. The zero-order chi connectivity index (χ0) is 24.8. The molecule has 1 aromatic heterocycles. The van der Waals surface area contributed by atoms with Gasteiger partial charge in [-0.15, -0.1) is 5.10 Å². The molecule has 0 aliphatic heterocycles. The van der Waals surface area contributed by atoms with E-state index in [9.17, 15) is 35.9 Å². The minimum atomic E-state index is -5.01. The molecule has 0 saturated carbocycles. The molecule has 180 valence electrons. The fourth-order valence-corrected chi connectivity index (χ4v) is 2.64. The smallest absolute Gasteiger partial charge is 0.319 e. The van der Waals surface area contributed by atoms with Gasteiger partial charge in [-0.3, -0.25) is 20.4 Å². The van der Waals surface area contributed by atoms with Crippen molar-refractivity contribution in [3.63, 3.8) is 0 Å². The van der Waals surface area contributed by atoms with Crippen molar-refractivity contribution < 1.29 is 35.9 Å². The maximum atomic E-state index is 13.0. The summed E-state index contributed by atoms with van der Waals surface area (Å²) in [5.74, 6) is -1.95. The summed E-state index contributed by atoms with van der Waals surface area (Å²) in [5.41, 5.74) is 0.879. The van der Waals surface area contributed by atoms with E-state index in [4.69, 9.17) is 0 Å². The topological polar surface area (TPSA) is 101 Å². The van der Waals surface area contributed by atoms with Crippen LogP contribution in [0.4, 0.5) is 26.3 Å². The zero-order valence-corrected chi connectivity index (χ0v) is 17.4. The molecule has 0 fully saturated rings. The number of alkyl halides is 6. The largest absolute Gasteiger partial charge is 0.416 e. The van der Waals surface area contributed by atoms with Crippen molar-refractivity contribution in [1.82, 2.24) is 30.9 Å². The molecule has 2 rings (SSSR count). The summed E-state index contributed by atoms with van der Waals surface area (Å²) in [5, 5.41) is 6.61. The molecule has 1 atom stereocenters. The molecule has 0 radical (unpaired) electrons.